The maximum atomic E-state index is 5.89. The van der Waals surface area contributed by atoms with E-state index in [9.17, 15) is 0 Å². The van der Waals surface area contributed by atoms with Crippen molar-refractivity contribution in [3.05, 3.63) is 40.8 Å². The van der Waals surface area contributed by atoms with Crippen LogP contribution in [0.5, 0.6) is 0 Å². The minimum atomic E-state index is 0.127. The lowest BCUT2D eigenvalue weighted by Gasteiger charge is -2.07. The molecule has 0 bridgehead atoms. The van der Waals surface area contributed by atoms with Crippen molar-refractivity contribution in [1.29, 1.82) is 0 Å². The number of nitrogens with zero attached hydrogens (tertiary/aromatic N) is 1. The zero-order valence-corrected chi connectivity index (χ0v) is 11.9. The number of nitrogens with two attached hydrogens (primary N) is 1. The van der Waals surface area contributed by atoms with E-state index in [4.69, 9.17) is 10.7 Å². The van der Waals surface area contributed by atoms with Crippen molar-refractivity contribution in [3.63, 3.8) is 0 Å². The van der Waals surface area contributed by atoms with Crippen LogP contribution >= 0.6 is 0 Å². The van der Waals surface area contributed by atoms with Gasteiger partial charge in [-0.2, -0.15) is 0 Å². The molecule has 0 amide bonds. The van der Waals surface area contributed by atoms with Crippen LogP contribution in [0, 0.1) is 20.8 Å². The molecule has 3 rings (SSSR count). The van der Waals surface area contributed by atoms with Crippen molar-refractivity contribution in [2.75, 3.05) is 6.54 Å². The van der Waals surface area contributed by atoms with Crippen LogP contribution in [0.4, 0.5) is 0 Å². The third-order valence-corrected chi connectivity index (χ3v) is 4.27. The van der Waals surface area contributed by atoms with Gasteiger partial charge in [-0.15, -0.1) is 0 Å². The van der Waals surface area contributed by atoms with Gasteiger partial charge in [0.1, 0.15) is 5.82 Å². The van der Waals surface area contributed by atoms with Crippen LogP contribution in [-0.2, 0) is 5.41 Å². The van der Waals surface area contributed by atoms with E-state index < -0.39 is 0 Å². The van der Waals surface area contributed by atoms with Crippen molar-refractivity contribution >= 4 is 0 Å². The smallest absolute Gasteiger partial charge is 0.114 e. The van der Waals surface area contributed by atoms with Crippen LogP contribution in [0.15, 0.2) is 18.2 Å². The molecule has 1 aliphatic carbocycles. The Morgan fingerprint density at radius 1 is 1.26 bits per heavy atom. The van der Waals surface area contributed by atoms with E-state index in [1.807, 2.05) is 0 Å². The first-order chi connectivity index (χ1) is 9.05. The number of H-pyrrole nitrogens is 1. The number of rotatable bonds is 3. The number of nitrogens with one attached hydrogen (secondary N) is 1. The van der Waals surface area contributed by atoms with E-state index in [0.29, 0.717) is 6.54 Å². The van der Waals surface area contributed by atoms with Crippen LogP contribution in [-0.4, -0.2) is 16.5 Å². The highest BCUT2D eigenvalue weighted by Crippen LogP contribution is 2.46. The van der Waals surface area contributed by atoms with E-state index in [-0.39, 0.29) is 5.41 Å². The number of hydrogen-bond donors (Lipinski definition) is 2. The van der Waals surface area contributed by atoms with Crippen LogP contribution in [0.2, 0.25) is 0 Å². The van der Waals surface area contributed by atoms with Crippen molar-refractivity contribution in [2.24, 2.45) is 5.73 Å². The van der Waals surface area contributed by atoms with Gasteiger partial charge in [-0.05, 0) is 39.2 Å². The number of benzene rings is 1. The van der Waals surface area contributed by atoms with E-state index in [2.05, 4.69) is 44.0 Å². The first-order valence-electron chi connectivity index (χ1n) is 6.90. The molecule has 1 aliphatic rings. The number of imidazole rings is 1. The Hall–Kier alpha value is -1.61. The molecule has 0 spiro atoms. The Kier molecular flexibility index (Phi) is 2.75. The molecule has 3 heteroatoms. The maximum Gasteiger partial charge on any atom is 0.114 e. The van der Waals surface area contributed by atoms with Crippen molar-refractivity contribution in [1.82, 2.24) is 9.97 Å². The summed E-state index contributed by atoms with van der Waals surface area (Å²) in [4.78, 5) is 8.29. The normalized spacial score (nSPS) is 16.6. The molecule has 1 saturated carbocycles. The van der Waals surface area contributed by atoms with Crippen LogP contribution in [0.3, 0.4) is 0 Å². The highest BCUT2D eigenvalue weighted by atomic mass is 15.0. The minimum absolute atomic E-state index is 0.127. The fraction of sp³-hybridized carbons (Fsp3) is 0.438. The van der Waals surface area contributed by atoms with Gasteiger partial charge in [-0.25, -0.2) is 4.98 Å². The van der Waals surface area contributed by atoms with E-state index in [0.717, 1.165) is 30.1 Å². The van der Waals surface area contributed by atoms with Crippen LogP contribution in [0.1, 0.15) is 35.5 Å². The molecule has 1 aromatic heterocycles. The lowest BCUT2D eigenvalue weighted by molar-refractivity contribution is 0.658. The lowest BCUT2D eigenvalue weighted by Crippen LogP contribution is -2.21. The molecule has 100 valence electrons. The van der Waals surface area contributed by atoms with Gasteiger partial charge in [-0.3, -0.25) is 0 Å². The molecule has 2 aromatic rings. The molecule has 1 fully saturated rings. The molecule has 0 radical (unpaired) electrons. The number of aromatic amines is 1. The van der Waals surface area contributed by atoms with Crippen molar-refractivity contribution < 1.29 is 0 Å². The summed E-state index contributed by atoms with van der Waals surface area (Å²) in [5.41, 5.74) is 12.0. The lowest BCUT2D eigenvalue weighted by atomic mass is 10.0. The van der Waals surface area contributed by atoms with Gasteiger partial charge >= 0.3 is 0 Å². The minimum Gasteiger partial charge on any atom is -0.345 e. The highest BCUT2D eigenvalue weighted by molar-refractivity contribution is 5.66. The zero-order valence-electron chi connectivity index (χ0n) is 11.9. The second kappa shape index (κ2) is 4.20. The van der Waals surface area contributed by atoms with Gasteiger partial charge in [0.15, 0.2) is 0 Å². The first-order valence-corrected chi connectivity index (χ1v) is 6.90. The average Bonchev–Trinajstić information content (AvgIpc) is 3.08. The van der Waals surface area contributed by atoms with Crippen LogP contribution < -0.4 is 5.73 Å². The molecule has 1 heterocycles. The molecule has 0 aliphatic heterocycles. The topological polar surface area (TPSA) is 54.7 Å². The number of aryl methyl sites for hydroxylation is 3. The molecular weight excluding hydrogens is 234 g/mol. The molecular formula is C16H21N3. The second-order valence-electron chi connectivity index (χ2n) is 5.86. The molecule has 3 nitrogen and oxygen atoms in total. The predicted molar refractivity (Wildman–Crippen MR) is 78.2 cm³/mol. The molecule has 0 saturated heterocycles. The van der Waals surface area contributed by atoms with Crippen molar-refractivity contribution in [2.45, 2.75) is 39.0 Å². The Labute approximate surface area is 114 Å². The fourth-order valence-electron chi connectivity index (χ4n) is 2.74. The van der Waals surface area contributed by atoms with Crippen molar-refractivity contribution in [3.8, 4) is 11.3 Å². The standard InChI is InChI=1S/C16H21N3/c1-10-4-5-13(11(2)8-10)14-12(3)18-15(19-14)16(9-17)6-7-16/h4-5,8H,6-7,9,17H2,1-3H3,(H,18,19). The third-order valence-electron chi connectivity index (χ3n) is 4.27. The Morgan fingerprint density at radius 3 is 2.58 bits per heavy atom. The predicted octanol–water partition coefficient (Wildman–Crippen LogP) is 2.99. The monoisotopic (exact) mass is 255 g/mol. The van der Waals surface area contributed by atoms with E-state index in [1.54, 1.807) is 0 Å². The SMILES string of the molecule is Cc1ccc(-c2nc(C3(CN)CC3)[nH]c2C)c(C)c1. The molecule has 19 heavy (non-hydrogen) atoms. The quantitative estimate of drug-likeness (QED) is 0.886. The van der Waals surface area contributed by atoms with Gasteiger partial charge in [0.05, 0.1) is 5.69 Å². The zero-order chi connectivity index (χ0) is 13.6. The summed E-state index contributed by atoms with van der Waals surface area (Å²) in [5, 5.41) is 0. The van der Waals surface area contributed by atoms with Gasteiger partial charge in [0.2, 0.25) is 0 Å². The Bertz CT molecular complexity index is 621. The molecule has 3 N–H and O–H groups in total. The van der Waals surface area contributed by atoms with Gasteiger partial charge in [-0.1, -0.05) is 23.8 Å². The van der Waals surface area contributed by atoms with E-state index in [1.165, 1.54) is 16.7 Å². The van der Waals surface area contributed by atoms with Gasteiger partial charge < -0.3 is 10.7 Å². The molecule has 0 atom stereocenters. The summed E-state index contributed by atoms with van der Waals surface area (Å²) in [6.07, 6.45) is 2.31. The second-order valence-corrected chi connectivity index (χ2v) is 5.86. The first kappa shape index (κ1) is 12.4. The summed E-state index contributed by atoms with van der Waals surface area (Å²) in [5.74, 6) is 1.07. The average molecular weight is 255 g/mol. The molecule has 0 unspecified atom stereocenters. The Balaban J connectivity index is 2.06. The van der Waals surface area contributed by atoms with E-state index >= 15 is 0 Å². The summed E-state index contributed by atoms with van der Waals surface area (Å²) >= 11 is 0. The third kappa shape index (κ3) is 1.98. The number of hydrogen-bond acceptors (Lipinski definition) is 2. The molecule has 1 aromatic carbocycles. The fourth-order valence-corrected chi connectivity index (χ4v) is 2.74. The van der Waals surface area contributed by atoms with Gasteiger partial charge in [0, 0.05) is 23.2 Å². The van der Waals surface area contributed by atoms with Crippen LogP contribution in [0.25, 0.3) is 11.3 Å². The summed E-state index contributed by atoms with van der Waals surface area (Å²) < 4.78 is 0. The largest absolute Gasteiger partial charge is 0.345 e. The summed E-state index contributed by atoms with van der Waals surface area (Å²) in [6, 6.07) is 6.52. The van der Waals surface area contributed by atoms with Gasteiger partial charge in [0.25, 0.3) is 0 Å². The Morgan fingerprint density at radius 2 is 2.00 bits per heavy atom. The number of aromatic nitrogens is 2. The highest BCUT2D eigenvalue weighted by Gasteiger charge is 2.46. The summed E-state index contributed by atoms with van der Waals surface area (Å²) in [7, 11) is 0. The summed E-state index contributed by atoms with van der Waals surface area (Å²) in [6.45, 7) is 7.04. The maximum absolute atomic E-state index is 5.89.